The molecule has 0 bridgehead atoms. The molecule has 0 spiro atoms. The monoisotopic (exact) mass is 399 g/mol. The lowest BCUT2D eigenvalue weighted by Crippen LogP contribution is -2.39. The van der Waals surface area contributed by atoms with E-state index in [4.69, 9.17) is 5.11 Å². The number of carboxylic acids is 1. The van der Waals surface area contributed by atoms with Crippen LogP contribution in [0.4, 0.5) is 20.6 Å². The number of aliphatic carboxylic acids is 1. The third kappa shape index (κ3) is 5.78. The molecule has 1 heterocycles. The molecular weight excluding hydrogens is 377 g/mol. The number of halogens is 1. The number of carbonyl (C=O) groups excluding carboxylic acids is 2. The summed E-state index contributed by atoms with van der Waals surface area (Å²) in [5.41, 5.74) is 2.05. The Morgan fingerprint density at radius 1 is 1.17 bits per heavy atom. The molecule has 1 aliphatic rings. The van der Waals surface area contributed by atoms with Crippen LogP contribution in [0, 0.1) is 5.82 Å². The van der Waals surface area contributed by atoms with Crippen molar-refractivity contribution in [2.75, 3.05) is 10.6 Å². The summed E-state index contributed by atoms with van der Waals surface area (Å²) in [6, 6.07) is 11.0. The van der Waals surface area contributed by atoms with Gasteiger partial charge in [0.2, 0.25) is 5.91 Å². The van der Waals surface area contributed by atoms with Crippen LogP contribution in [0.1, 0.15) is 30.4 Å². The molecule has 1 unspecified atom stereocenters. The Morgan fingerprint density at radius 3 is 2.66 bits per heavy atom. The summed E-state index contributed by atoms with van der Waals surface area (Å²) in [6.07, 6.45) is 1.32. The standard InChI is InChI=1S/C21H22FN3O4/c22-16-11-14-6-8-19(26)24-17(14)12-18(16)25-21(29)23-15(7-9-20(27)28)10-13-4-2-1-3-5-13/h1-5,11-12,15H,6-10H2,(H,24,26)(H,27,28)(H2,23,25,29). The van der Waals surface area contributed by atoms with Gasteiger partial charge in [0, 0.05) is 24.6 Å². The van der Waals surface area contributed by atoms with Gasteiger partial charge in [-0.1, -0.05) is 30.3 Å². The molecule has 0 fully saturated rings. The Hall–Kier alpha value is -3.42. The summed E-state index contributed by atoms with van der Waals surface area (Å²) in [7, 11) is 0. The van der Waals surface area contributed by atoms with Crippen LogP contribution in [-0.4, -0.2) is 29.1 Å². The molecule has 3 amide bonds. The highest BCUT2D eigenvalue weighted by molar-refractivity contribution is 5.96. The molecule has 0 saturated carbocycles. The molecule has 3 rings (SSSR count). The normalized spacial score (nSPS) is 13.8. The number of anilines is 2. The molecule has 0 radical (unpaired) electrons. The smallest absolute Gasteiger partial charge is 0.319 e. The zero-order valence-corrected chi connectivity index (χ0v) is 15.7. The Bertz CT molecular complexity index is 918. The van der Waals surface area contributed by atoms with Crippen LogP contribution in [0.25, 0.3) is 0 Å². The van der Waals surface area contributed by atoms with Gasteiger partial charge in [-0.2, -0.15) is 0 Å². The van der Waals surface area contributed by atoms with Gasteiger partial charge in [-0.25, -0.2) is 9.18 Å². The fourth-order valence-electron chi connectivity index (χ4n) is 3.26. The average Bonchev–Trinajstić information content (AvgIpc) is 2.68. The molecule has 2 aromatic carbocycles. The fourth-order valence-corrected chi connectivity index (χ4v) is 3.26. The van der Waals surface area contributed by atoms with Crippen molar-refractivity contribution in [1.82, 2.24) is 5.32 Å². The molecular formula is C21H22FN3O4. The van der Waals surface area contributed by atoms with Crippen molar-refractivity contribution in [2.24, 2.45) is 0 Å². The van der Waals surface area contributed by atoms with Crippen molar-refractivity contribution in [3.63, 3.8) is 0 Å². The molecule has 152 valence electrons. The van der Waals surface area contributed by atoms with E-state index >= 15 is 0 Å². The van der Waals surface area contributed by atoms with E-state index < -0.39 is 23.9 Å². The van der Waals surface area contributed by atoms with Gasteiger partial charge in [0.25, 0.3) is 0 Å². The van der Waals surface area contributed by atoms with Gasteiger partial charge in [-0.3, -0.25) is 9.59 Å². The predicted octanol–water partition coefficient (Wildman–Crippen LogP) is 3.31. The number of benzene rings is 2. The van der Waals surface area contributed by atoms with E-state index in [1.165, 1.54) is 12.1 Å². The number of urea groups is 1. The molecule has 8 heteroatoms. The number of carbonyl (C=O) groups is 3. The first-order valence-corrected chi connectivity index (χ1v) is 9.36. The molecule has 2 aromatic rings. The Labute approximate surface area is 167 Å². The minimum absolute atomic E-state index is 0.0554. The first-order chi connectivity index (χ1) is 13.9. The number of rotatable bonds is 7. The van der Waals surface area contributed by atoms with E-state index in [1.54, 1.807) is 0 Å². The molecule has 1 atom stereocenters. The minimum atomic E-state index is -0.957. The van der Waals surface area contributed by atoms with Crippen LogP contribution in [-0.2, 0) is 22.4 Å². The topological polar surface area (TPSA) is 108 Å². The van der Waals surface area contributed by atoms with Crippen LogP contribution < -0.4 is 16.0 Å². The third-order valence-electron chi connectivity index (χ3n) is 4.70. The maximum atomic E-state index is 14.3. The summed E-state index contributed by atoms with van der Waals surface area (Å²) >= 11 is 0. The third-order valence-corrected chi connectivity index (χ3v) is 4.70. The first-order valence-electron chi connectivity index (χ1n) is 9.36. The summed E-state index contributed by atoms with van der Waals surface area (Å²) in [5, 5.41) is 16.8. The van der Waals surface area contributed by atoms with Crippen LogP contribution in [0.15, 0.2) is 42.5 Å². The second kappa shape index (κ2) is 9.18. The highest BCUT2D eigenvalue weighted by Gasteiger charge is 2.20. The summed E-state index contributed by atoms with van der Waals surface area (Å²) < 4.78 is 14.3. The van der Waals surface area contributed by atoms with E-state index in [9.17, 15) is 18.8 Å². The average molecular weight is 399 g/mol. The van der Waals surface area contributed by atoms with Gasteiger partial charge in [0.1, 0.15) is 5.82 Å². The van der Waals surface area contributed by atoms with Gasteiger partial charge in [0.05, 0.1) is 5.69 Å². The quantitative estimate of drug-likeness (QED) is 0.573. The Kier molecular flexibility index (Phi) is 6.43. The number of hydrogen-bond acceptors (Lipinski definition) is 3. The van der Waals surface area contributed by atoms with Gasteiger partial charge in [0.15, 0.2) is 0 Å². The van der Waals surface area contributed by atoms with E-state index in [0.717, 1.165) is 5.56 Å². The van der Waals surface area contributed by atoms with E-state index in [0.29, 0.717) is 30.5 Å². The van der Waals surface area contributed by atoms with E-state index in [1.807, 2.05) is 30.3 Å². The lowest BCUT2D eigenvalue weighted by molar-refractivity contribution is -0.137. The van der Waals surface area contributed by atoms with Crippen molar-refractivity contribution in [3.05, 3.63) is 59.4 Å². The highest BCUT2D eigenvalue weighted by Crippen LogP contribution is 2.28. The van der Waals surface area contributed by atoms with E-state index in [-0.39, 0.29) is 24.4 Å². The van der Waals surface area contributed by atoms with Crippen molar-refractivity contribution in [1.29, 1.82) is 0 Å². The summed E-state index contributed by atoms with van der Waals surface area (Å²) in [6.45, 7) is 0. The van der Waals surface area contributed by atoms with Crippen molar-refractivity contribution in [3.8, 4) is 0 Å². The number of carboxylic acid groups (broad SMARTS) is 1. The van der Waals surface area contributed by atoms with Gasteiger partial charge in [-0.15, -0.1) is 0 Å². The second-order valence-corrected chi connectivity index (χ2v) is 6.95. The van der Waals surface area contributed by atoms with Gasteiger partial charge >= 0.3 is 12.0 Å². The lowest BCUT2D eigenvalue weighted by atomic mass is 10.0. The van der Waals surface area contributed by atoms with Crippen molar-refractivity contribution in [2.45, 2.75) is 38.1 Å². The summed E-state index contributed by atoms with van der Waals surface area (Å²) in [5.74, 6) is -1.71. The molecule has 1 aliphatic heterocycles. The molecule has 0 saturated heterocycles. The summed E-state index contributed by atoms with van der Waals surface area (Å²) in [4.78, 5) is 34.9. The minimum Gasteiger partial charge on any atom is -0.481 e. The number of aryl methyl sites for hydroxylation is 1. The van der Waals surface area contributed by atoms with Crippen molar-refractivity contribution < 1.29 is 23.9 Å². The lowest BCUT2D eigenvalue weighted by Gasteiger charge is -2.21. The van der Waals surface area contributed by atoms with Crippen LogP contribution >= 0.6 is 0 Å². The predicted molar refractivity (Wildman–Crippen MR) is 106 cm³/mol. The number of nitrogens with one attached hydrogen (secondary N) is 3. The van der Waals surface area contributed by atoms with E-state index in [2.05, 4.69) is 16.0 Å². The highest BCUT2D eigenvalue weighted by atomic mass is 19.1. The zero-order valence-electron chi connectivity index (χ0n) is 15.7. The maximum Gasteiger partial charge on any atom is 0.319 e. The van der Waals surface area contributed by atoms with Crippen LogP contribution in [0.2, 0.25) is 0 Å². The maximum absolute atomic E-state index is 14.3. The first kappa shape index (κ1) is 20.3. The zero-order chi connectivity index (χ0) is 20.8. The molecule has 0 aliphatic carbocycles. The molecule has 29 heavy (non-hydrogen) atoms. The van der Waals surface area contributed by atoms with Crippen LogP contribution in [0.3, 0.4) is 0 Å². The molecule has 4 N–H and O–H groups in total. The number of fused-ring (bicyclic) bond motifs is 1. The van der Waals surface area contributed by atoms with Crippen molar-refractivity contribution >= 4 is 29.3 Å². The molecule has 7 nitrogen and oxygen atoms in total. The second-order valence-electron chi connectivity index (χ2n) is 6.95. The Morgan fingerprint density at radius 2 is 1.93 bits per heavy atom. The van der Waals surface area contributed by atoms with Gasteiger partial charge < -0.3 is 21.1 Å². The number of amides is 3. The largest absolute Gasteiger partial charge is 0.481 e. The van der Waals surface area contributed by atoms with Gasteiger partial charge in [-0.05, 0) is 42.5 Å². The Balaban J connectivity index is 1.68. The number of hydrogen-bond donors (Lipinski definition) is 4. The SMILES string of the molecule is O=C(O)CCC(Cc1ccccc1)NC(=O)Nc1cc2c(cc1F)CCC(=O)N2. The van der Waals surface area contributed by atoms with Crippen LogP contribution in [0.5, 0.6) is 0 Å². The molecule has 0 aromatic heterocycles. The fraction of sp³-hybridized carbons (Fsp3) is 0.286.